The van der Waals surface area contributed by atoms with Gasteiger partial charge in [-0.1, -0.05) is 29.8 Å². The van der Waals surface area contributed by atoms with E-state index in [1.165, 1.54) is 0 Å². The monoisotopic (exact) mass is 406 g/mol. The topological polar surface area (TPSA) is 112 Å². The number of hydrogen-bond donors (Lipinski definition) is 2. The molecular formula is C20H23ClN2O5. The molecule has 3 N–H and O–H groups in total. The number of aryl methyl sites for hydroxylation is 1. The van der Waals surface area contributed by atoms with Crippen molar-refractivity contribution in [2.24, 2.45) is 5.73 Å². The molecular weight excluding hydrogens is 384 g/mol. The first-order chi connectivity index (χ1) is 13.3. The molecule has 0 bridgehead atoms. The van der Waals surface area contributed by atoms with Crippen molar-refractivity contribution in [1.29, 1.82) is 0 Å². The Kier molecular flexibility index (Phi) is 7.51. The second-order valence-corrected chi connectivity index (χ2v) is 6.76. The molecule has 0 aliphatic carbocycles. The lowest BCUT2D eigenvalue weighted by Gasteiger charge is -2.19. The van der Waals surface area contributed by atoms with Crippen molar-refractivity contribution in [3.05, 3.63) is 51.8 Å². The predicted octanol–water partition coefficient (Wildman–Crippen LogP) is 3.45. The van der Waals surface area contributed by atoms with Gasteiger partial charge in [0.1, 0.15) is 0 Å². The van der Waals surface area contributed by atoms with E-state index in [1.54, 1.807) is 45.0 Å². The minimum Gasteiger partial charge on any atom is -0.478 e. The van der Waals surface area contributed by atoms with Crippen LogP contribution in [0.2, 0.25) is 5.02 Å². The Labute approximate surface area is 168 Å². The van der Waals surface area contributed by atoms with Gasteiger partial charge in [-0.15, -0.1) is 0 Å². The molecule has 8 heteroatoms. The highest BCUT2D eigenvalue weighted by Gasteiger charge is 2.29. The highest BCUT2D eigenvalue weighted by Crippen LogP contribution is 2.36. The number of ether oxygens (including phenoxy) is 2. The smallest absolute Gasteiger partial charge is 0.341 e. The van der Waals surface area contributed by atoms with E-state index in [-0.39, 0.29) is 41.3 Å². The molecule has 2 rings (SSSR count). The Morgan fingerprint density at radius 1 is 1.25 bits per heavy atom. The second-order valence-electron chi connectivity index (χ2n) is 6.35. The summed E-state index contributed by atoms with van der Waals surface area (Å²) in [4.78, 5) is 29.3. The molecule has 0 spiro atoms. The highest BCUT2D eigenvalue weighted by atomic mass is 35.5. The first-order valence-corrected chi connectivity index (χ1v) is 9.16. The Morgan fingerprint density at radius 2 is 1.93 bits per heavy atom. The number of halogens is 1. The molecule has 1 aromatic carbocycles. The summed E-state index contributed by atoms with van der Waals surface area (Å²) in [5, 5.41) is 10.1. The van der Waals surface area contributed by atoms with Crippen LogP contribution in [0.25, 0.3) is 11.1 Å². The lowest BCUT2D eigenvalue weighted by atomic mass is 9.92. The van der Waals surface area contributed by atoms with Crippen LogP contribution in [-0.4, -0.2) is 41.3 Å². The largest absolute Gasteiger partial charge is 0.478 e. The van der Waals surface area contributed by atoms with Crippen molar-refractivity contribution in [3.8, 4) is 11.1 Å². The fraction of sp³-hybridized carbons (Fsp3) is 0.350. The molecule has 7 nitrogen and oxygen atoms in total. The molecule has 1 heterocycles. The van der Waals surface area contributed by atoms with E-state index in [0.29, 0.717) is 17.1 Å². The molecule has 2 aromatic rings. The number of rotatable bonds is 8. The van der Waals surface area contributed by atoms with Gasteiger partial charge in [0.2, 0.25) is 0 Å². The maximum Gasteiger partial charge on any atom is 0.341 e. The van der Waals surface area contributed by atoms with E-state index < -0.39 is 18.0 Å². The summed E-state index contributed by atoms with van der Waals surface area (Å²) in [6, 6.07) is 6.71. The van der Waals surface area contributed by atoms with Gasteiger partial charge >= 0.3 is 11.9 Å². The van der Waals surface area contributed by atoms with Gasteiger partial charge in [-0.25, -0.2) is 9.59 Å². The Hall–Kier alpha value is -2.48. The summed E-state index contributed by atoms with van der Waals surface area (Å²) < 4.78 is 10.8. The molecule has 28 heavy (non-hydrogen) atoms. The van der Waals surface area contributed by atoms with Gasteiger partial charge in [-0.2, -0.15) is 0 Å². The highest BCUT2D eigenvalue weighted by molar-refractivity contribution is 6.34. The van der Waals surface area contributed by atoms with Crippen LogP contribution < -0.4 is 5.73 Å². The summed E-state index contributed by atoms with van der Waals surface area (Å²) in [7, 11) is 0. The van der Waals surface area contributed by atoms with Crippen molar-refractivity contribution >= 4 is 23.5 Å². The number of nitrogens with zero attached hydrogens (tertiary/aromatic N) is 1. The first-order valence-electron chi connectivity index (χ1n) is 8.78. The van der Waals surface area contributed by atoms with Gasteiger partial charge in [0.05, 0.1) is 41.8 Å². The number of esters is 1. The maximum atomic E-state index is 12.9. The standard InChI is InChI=1S/C20H23ClN2O5/c1-11(2)28-20(26)18-15(10-27-9-8-22)23-12(3)16(19(24)25)17(18)13-6-4-5-7-14(13)21/h4-7,11H,8-10,22H2,1-3H3,(H,24,25). The Morgan fingerprint density at radius 3 is 2.50 bits per heavy atom. The number of aromatic nitrogens is 1. The second kappa shape index (κ2) is 9.64. The van der Waals surface area contributed by atoms with Crippen molar-refractivity contribution in [1.82, 2.24) is 4.98 Å². The lowest BCUT2D eigenvalue weighted by molar-refractivity contribution is 0.0371. The zero-order chi connectivity index (χ0) is 20.8. The quantitative estimate of drug-likeness (QED) is 0.510. The summed E-state index contributed by atoms with van der Waals surface area (Å²) in [5.74, 6) is -1.90. The molecule has 0 saturated carbocycles. The van der Waals surface area contributed by atoms with Crippen LogP contribution in [0.4, 0.5) is 0 Å². The van der Waals surface area contributed by atoms with Crippen molar-refractivity contribution in [3.63, 3.8) is 0 Å². The number of hydrogen-bond acceptors (Lipinski definition) is 6. The zero-order valence-corrected chi connectivity index (χ0v) is 16.7. The van der Waals surface area contributed by atoms with Gasteiger partial charge < -0.3 is 20.3 Å². The molecule has 0 amide bonds. The minimum absolute atomic E-state index is 0.0160. The summed E-state index contributed by atoms with van der Waals surface area (Å²) in [5.41, 5.74) is 6.48. The number of carboxylic acid groups (broad SMARTS) is 1. The van der Waals surface area contributed by atoms with Gasteiger partial charge in [-0.05, 0) is 26.8 Å². The molecule has 0 atom stereocenters. The number of aromatic carboxylic acids is 1. The van der Waals surface area contributed by atoms with Crippen LogP contribution in [0.1, 0.15) is 46.0 Å². The van der Waals surface area contributed by atoms with E-state index in [0.717, 1.165) is 0 Å². The van der Waals surface area contributed by atoms with Gasteiger partial charge in [0.25, 0.3) is 0 Å². The SMILES string of the molecule is Cc1nc(COCCN)c(C(=O)OC(C)C)c(-c2ccccc2Cl)c1C(=O)O. The summed E-state index contributed by atoms with van der Waals surface area (Å²) in [6.07, 6.45) is -0.404. The molecule has 0 fully saturated rings. The van der Waals surface area contributed by atoms with Crippen LogP contribution in [-0.2, 0) is 16.1 Å². The van der Waals surface area contributed by atoms with Crippen LogP contribution in [0.3, 0.4) is 0 Å². The summed E-state index contributed by atoms with van der Waals surface area (Å²) in [6.45, 7) is 5.53. The number of nitrogens with two attached hydrogens (primary N) is 1. The molecule has 0 unspecified atom stereocenters. The van der Waals surface area contributed by atoms with Crippen LogP contribution >= 0.6 is 11.6 Å². The van der Waals surface area contributed by atoms with Crippen molar-refractivity contribution in [2.75, 3.05) is 13.2 Å². The fourth-order valence-electron chi connectivity index (χ4n) is 2.81. The normalized spacial score (nSPS) is 10.9. The van der Waals surface area contributed by atoms with E-state index >= 15 is 0 Å². The maximum absolute atomic E-state index is 12.9. The predicted molar refractivity (Wildman–Crippen MR) is 106 cm³/mol. The molecule has 0 radical (unpaired) electrons. The lowest BCUT2D eigenvalue weighted by Crippen LogP contribution is -2.20. The number of carboxylic acids is 1. The van der Waals surface area contributed by atoms with E-state index in [4.69, 9.17) is 26.8 Å². The zero-order valence-electron chi connectivity index (χ0n) is 16.0. The number of carbonyl (C=O) groups excluding carboxylic acids is 1. The van der Waals surface area contributed by atoms with Crippen LogP contribution in [0.5, 0.6) is 0 Å². The van der Waals surface area contributed by atoms with E-state index in [2.05, 4.69) is 4.98 Å². The number of pyridine rings is 1. The van der Waals surface area contributed by atoms with Gasteiger partial charge in [0, 0.05) is 22.7 Å². The molecule has 1 aromatic heterocycles. The molecule has 0 aliphatic heterocycles. The fourth-order valence-corrected chi connectivity index (χ4v) is 3.04. The average Bonchev–Trinajstić information content (AvgIpc) is 2.60. The third-order valence-corrected chi connectivity index (χ3v) is 4.19. The van der Waals surface area contributed by atoms with Crippen molar-refractivity contribution < 1.29 is 24.2 Å². The number of carbonyl (C=O) groups is 2. The number of benzene rings is 1. The van der Waals surface area contributed by atoms with Crippen LogP contribution in [0, 0.1) is 6.92 Å². The third-order valence-electron chi connectivity index (χ3n) is 3.86. The average molecular weight is 407 g/mol. The minimum atomic E-state index is -1.21. The molecule has 0 saturated heterocycles. The Balaban J connectivity index is 2.84. The third kappa shape index (κ3) is 4.86. The Bertz CT molecular complexity index is 883. The summed E-state index contributed by atoms with van der Waals surface area (Å²) >= 11 is 6.34. The van der Waals surface area contributed by atoms with E-state index in [1.807, 2.05) is 0 Å². The van der Waals surface area contributed by atoms with Crippen molar-refractivity contribution in [2.45, 2.75) is 33.5 Å². The van der Waals surface area contributed by atoms with Gasteiger partial charge in [-0.3, -0.25) is 4.98 Å². The van der Waals surface area contributed by atoms with Gasteiger partial charge in [0.15, 0.2) is 0 Å². The molecule has 0 aliphatic rings. The first kappa shape index (κ1) is 21.8. The van der Waals surface area contributed by atoms with E-state index in [9.17, 15) is 14.7 Å². The molecule has 150 valence electrons. The van der Waals surface area contributed by atoms with Crippen LogP contribution in [0.15, 0.2) is 24.3 Å².